The Morgan fingerprint density at radius 3 is 2.51 bits per heavy atom. The minimum absolute atomic E-state index is 0.0940. The molecule has 0 aliphatic carbocycles. The summed E-state index contributed by atoms with van der Waals surface area (Å²) in [6.45, 7) is 4.52. The molecule has 1 unspecified atom stereocenters. The van der Waals surface area contributed by atoms with E-state index in [9.17, 15) is 27.2 Å². The molecule has 37 heavy (non-hydrogen) atoms. The molecule has 1 N–H and O–H groups in total. The van der Waals surface area contributed by atoms with Crippen LogP contribution in [-0.2, 0) is 11.0 Å². The molecule has 4 rings (SSSR count). The fourth-order valence-electron chi connectivity index (χ4n) is 3.79. The summed E-state index contributed by atoms with van der Waals surface area (Å²) in [5.41, 5.74) is 1.25. The summed E-state index contributed by atoms with van der Waals surface area (Å²) in [7, 11) is 0. The first kappa shape index (κ1) is 26.5. The number of thiazole rings is 1. The molecular weight excluding hydrogens is 514 g/mol. The number of anilines is 1. The van der Waals surface area contributed by atoms with Gasteiger partial charge in [-0.25, -0.2) is 15.0 Å². The predicted octanol–water partition coefficient (Wildman–Crippen LogP) is 4.89. The van der Waals surface area contributed by atoms with E-state index in [2.05, 4.69) is 20.3 Å². The van der Waals surface area contributed by atoms with E-state index >= 15 is 0 Å². The van der Waals surface area contributed by atoms with Crippen molar-refractivity contribution in [1.29, 1.82) is 0 Å². The summed E-state index contributed by atoms with van der Waals surface area (Å²) < 4.78 is 57.2. The van der Waals surface area contributed by atoms with E-state index < -0.39 is 36.7 Å². The maximum Gasteiger partial charge on any atom is 0.451 e. The maximum atomic E-state index is 13.2. The van der Waals surface area contributed by atoms with Crippen LogP contribution in [0.15, 0.2) is 30.7 Å². The highest BCUT2D eigenvalue weighted by Gasteiger charge is 2.36. The molecule has 3 aromatic rings. The van der Waals surface area contributed by atoms with Crippen molar-refractivity contribution in [3.05, 3.63) is 52.6 Å². The highest BCUT2D eigenvalue weighted by atomic mass is 32.1. The monoisotopic (exact) mass is 537 g/mol. The smallest absolute Gasteiger partial charge is 0.451 e. The molecule has 1 aliphatic rings. The number of nitrogens with zero attached hydrogens (tertiary/aromatic N) is 4. The number of rotatable bonds is 7. The number of fused-ring (bicyclic) bond motifs is 1. The molecule has 196 valence electrons. The van der Waals surface area contributed by atoms with Gasteiger partial charge in [0, 0.05) is 41.1 Å². The average Bonchev–Trinajstić information content (AvgIpc) is 3.29. The van der Waals surface area contributed by atoms with Crippen molar-refractivity contribution in [2.45, 2.75) is 45.5 Å². The van der Waals surface area contributed by atoms with Crippen LogP contribution < -0.4 is 15.0 Å². The SMILES string of the molecule is Cc1cnc(-c2cc(C(=O)N[C@H](C)c3cnc(C(F)(F)F)nc3)cc3c2OC(C)C(=O)N3CCCF)s1. The first-order valence-corrected chi connectivity index (χ1v) is 12.2. The number of carbonyl (C=O) groups excluding carboxylic acids is 2. The topological polar surface area (TPSA) is 97.3 Å². The van der Waals surface area contributed by atoms with Crippen molar-refractivity contribution in [3.8, 4) is 16.3 Å². The summed E-state index contributed by atoms with van der Waals surface area (Å²) in [5.74, 6) is -1.84. The Balaban J connectivity index is 1.70. The lowest BCUT2D eigenvalue weighted by Gasteiger charge is -2.34. The average molecular weight is 538 g/mol. The predicted molar refractivity (Wildman–Crippen MR) is 128 cm³/mol. The normalized spacial score (nSPS) is 16.2. The largest absolute Gasteiger partial charge is 0.478 e. The van der Waals surface area contributed by atoms with Gasteiger partial charge in [-0.3, -0.25) is 14.0 Å². The van der Waals surface area contributed by atoms with Gasteiger partial charge in [-0.15, -0.1) is 11.3 Å². The molecule has 2 atom stereocenters. The van der Waals surface area contributed by atoms with Crippen LogP contribution in [0.4, 0.5) is 23.2 Å². The van der Waals surface area contributed by atoms with Gasteiger partial charge >= 0.3 is 6.18 Å². The van der Waals surface area contributed by atoms with Gasteiger partial charge in [-0.05, 0) is 39.3 Å². The van der Waals surface area contributed by atoms with E-state index in [0.717, 1.165) is 17.3 Å². The fourth-order valence-corrected chi connectivity index (χ4v) is 4.57. The second-order valence-electron chi connectivity index (χ2n) is 8.47. The molecule has 1 aromatic carbocycles. The lowest BCUT2D eigenvalue weighted by Crippen LogP contribution is -2.45. The van der Waals surface area contributed by atoms with Crippen molar-refractivity contribution in [3.63, 3.8) is 0 Å². The van der Waals surface area contributed by atoms with Crippen LogP contribution in [0.5, 0.6) is 5.75 Å². The molecule has 0 bridgehead atoms. The van der Waals surface area contributed by atoms with Gasteiger partial charge in [0.25, 0.3) is 11.8 Å². The molecule has 0 spiro atoms. The first-order chi connectivity index (χ1) is 17.5. The molecular formula is C24H23F4N5O3S. The Morgan fingerprint density at radius 2 is 1.92 bits per heavy atom. The van der Waals surface area contributed by atoms with Gasteiger partial charge in [0.1, 0.15) is 5.01 Å². The van der Waals surface area contributed by atoms with Crippen molar-refractivity contribution < 1.29 is 31.9 Å². The van der Waals surface area contributed by atoms with Crippen LogP contribution in [0.2, 0.25) is 0 Å². The number of aryl methyl sites for hydroxylation is 1. The maximum absolute atomic E-state index is 13.2. The van der Waals surface area contributed by atoms with E-state index in [1.807, 2.05) is 6.92 Å². The van der Waals surface area contributed by atoms with Gasteiger partial charge < -0.3 is 15.0 Å². The van der Waals surface area contributed by atoms with Gasteiger partial charge in [0.15, 0.2) is 11.9 Å². The van der Waals surface area contributed by atoms with Crippen LogP contribution in [-0.4, -0.2) is 46.1 Å². The second-order valence-corrected chi connectivity index (χ2v) is 9.71. The number of benzene rings is 1. The first-order valence-electron chi connectivity index (χ1n) is 11.3. The number of carbonyl (C=O) groups is 2. The number of amides is 2. The van der Waals surface area contributed by atoms with Gasteiger partial charge in [0.05, 0.1) is 24.0 Å². The Bertz CT molecular complexity index is 1310. The summed E-state index contributed by atoms with van der Waals surface area (Å²) in [5, 5.41) is 3.29. The zero-order valence-electron chi connectivity index (χ0n) is 20.1. The highest BCUT2D eigenvalue weighted by molar-refractivity contribution is 7.15. The number of ether oxygens (including phenoxy) is 1. The lowest BCUT2D eigenvalue weighted by atomic mass is 10.0. The Labute approximate surface area is 213 Å². The van der Waals surface area contributed by atoms with E-state index in [4.69, 9.17) is 4.74 Å². The molecule has 1 aliphatic heterocycles. The van der Waals surface area contributed by atoms with Gasteiger partial charge in [-0.2, -0.15) is 13.2 Å². The van der Waals surface area contributed by atoms with Gasteiger partial charge in [0.2, 0.25) is 5.82 Å². The summed E-state index contributed by atoms with van der Waals surface area (Å²) in [4.78, 5) is 39.5. The third-order valence-electron chi connectivity index (χ3n) is 5.67. The quantitative estimate of drug-likeness (QED) is 0.431. The van der Waals surface area contributed by atoms with Crippen molar-refractivity contribution in [1.82, 2.24) is 20.3 Å². The minimum atomic E-state index is -4.68. The Hall–Kier alpha value is -3.61. The lowest BCUT2D eigenvalue weighted by molar-refractivity contribution is -0.145. The molecule has 3 heterocycles. The van der Waals surface area contributed by atoms with E-state index in [-0.39, 0.29) is 30.0 Å². The Morgan fingerprint density at radius 1 is 1.22 bits per heavy atom. The van der Waals surface area contributed by atoms with Crippen molar-refractivity contribution >= 4 is 28.8 Å². The van der Waals surface area contributed by atoms with Gasteiger partial charge in [-0.1, -0.05) is 0 Å². The molecule has 2 amide bonds. The number of hydrogen-bond acceptors (Lipinski definition) is 7. The molecule has 13 heteroatoms. The summed E-state index contributed by atoms with van der Waals surface area (Å²) >= 11 is 1.37. The van der Waals surface area contributed by atoms with Crippen LogP contribution >= 0.6 is 11.3 Å². The number of nitrogens with one attached hydrogen (secondary N) is 1. The summed E-state index contributed by atoms with van der Waals surface area (Å²) in [6, 6.07) is 2.34. The molecule has 2 aromatic heterocycles. The second kappa shape index (κ2) is 10.4. The zero-order valence-corrected chi connectivity index (χ0v) is 20.9. The van der Waals surface area contributed by atoms with Crippen LogP contribution in [0.25, 0.3) is 10.6 Å². The molecule has 0 saturated carbocycles. The third-order valence-corrected chi connectivity index (χ3v) is 6.62. The molecule has 0 saturated heterocycles. The standard InChI is InChI=1S/C24H23F4N5O3S/c1-12-9-29-21(37-12)17-7-15(8-18-19(17)36-14(3)22(35)33(18)6-4-5-25)20(34)32-13(2)16-10-30-23(31-11-16)24(26,27)28/h7-11,13-14H,4-6H2,1-3H3,(H,32,34)/t13-,14?/m1/s1. The van der Waals surface area contributed by atoms with Crippen LogP contribution in [0.1, 0.15) is 52.9 Å². The van der Waals surface area contributed by atoms with Crippen LogP contribution in [0, 0.1) is 6.92 Å². The van der Waals surface area contributed by atoms with Crippen LogP contribution in [0.3, 0.4) is 0 Å². The minimum Gasteiger partial charge on any atom is -0.478 e. The fraction of sp³-hybridized carbons (Fsp3) is 0.375. The van der Waals surface area contributed by atoms with E-state index in [1.165, 1.54) is 22.3 Å². The molecule has 0 fully saturated rings. The van der Waals surface area contributed by atoms with E-state index in [1.54, 1.807) is 26.1 Å². The number of alkyl halides is 4. The number of aromatic nitrogens is 3. The van der Waals surface area contributed by atoms with Crippen molar-refractivity contribution in [2.24, 2.45) is 0 Å². The number of halogens is 4. The third kappa shape index (κ3) is 5.55. The van der Waals surface area contributed by atoms with Crippen molar-refractivity contribution in [2.75, 3.05) is 18.1 Å². The Kier molecular flexibility index (Phi) is 7.44. The van der Waals surface area contributed by atoms with E-state index in [0.29, 0.717) is 22.0 Å². The summed E-state index contributed by atoms with van der Waals surface area (Å²) in [6.07, 6.45) is -1.71. The molecule has 0 radical (unpaired) electrons. The molecule has 8 nitrogen and oxygen atoms in total. The zero-order chi connectivity index (χ0) is 26.9. The highest BCUT2D eigenvalue weighted by Crippen LogP contribution is 2.44. The number of hydrogen-bond donors (Lipinski definition) is 1.